The Balaban J connectivity index is 1.61. The predicted octanol–water partition coefficient (Wildman–Crippen LogP) is 3.40. The highest BCUT2D eigenvalue weighted by Gasteiger charge is 2.20. The van der Waals surface area contributed by atoms with E-state index in [2.05, 4.69) is 15.5 Å². The molecule has 1 atom stereocenters. The van der Waals surface area contributed by atoms with Crippen molar-refractivity contribution in [1.29, 1.82) is 0 Å². The van der Waals surface area contributed by atoms with Gasteiger partial charge in [0.15, 0.2) is 6.10 Å². The number of carbonyl (C=O) groups is 2. The number of aromatic amines is 1. The number of carbonyl (C=O) groups excluding carboxylic acids is 2. The molecule has 6 nitrogen and oxygen atoms in total. The summed E-state index contributed by atoms with van der Waals surface area (Å²) in [7, 11) is 0. The molecule has 1 aromatic heterocycles. The van der Waals surface area contributed by atoms with Crippen molar-refractivity contribution in [3.8, 4) is 11.3 Å². The number of rotatable bonds is 5. The summed E-state index contributed by atoms with van der Waals surface area (Å²) in [6, 6.07) is 16.2. The zero-order chi connectivity index (χ0) is 18.5. The van der Waals surface area contributed by atoms with Crippen molar-refractivity contribution < 1.29 is 18.7 Å². The summed E-state index contributed by atoms with van der Waals surface area (Å²) in [6.45, 7) is 1.45. The van der Waals surface area contributed by atoms with E-state index in [1.165, 1.54) is 31.2 Å². The Labute approximate surface area is 149 Å². The second-order valence-electron chi connectivity index (χ2n) is 5.58. The average Bonchev–Trinajstić information content (AvgIpc) is 3.14. The van der Waals surface area contributed by atoms with Gasteiger partial charge in [-0.15, -0.1) is 0 Å². The molecule has 0 unspecified atom stereocenters. The Morgan fingerprint density at radius 3 is 2.50 bits per heavy atom. The normalized spacial score (nSPS) is 11.6. The minimum Gasteiger partial charge on any atom is -0.448 e. The number of nitrogens with one attached hydrogen (secondary N) is 2. The van der Waals surface area contributed by atoms with Gasteiger partial charge >= 0.3 is 5.97 Å². The van der Waals surface area contributed by atoms with Crippen molar-refractivity contribution in [3.63, 3.8) is 0 Å². The highest BCUT2D eigenvalue weighted by molar-refractivity contribution is 5.97. The zero-order valence-corrected chi connectivity index (χ0v) is 13.9. The number of H-pyrrole nitrogens is 1. The molecule has 0 saturated heterocycles. The molecule has 0 aliphatic rings. The summed E-state index contributed by atoms with van der Waals surface area (Å²) in [5.74, 6) is -1.62. The Morgan fingerprint density at radius 1 is 1.12 bits per heavy atom. The lowest BCUT2D eigenvalue weighted by Crippen LogP contribution is -2.30. The van der Waals surface area contributed by atoms with E-state index in [4.69, 9.17) is 4.74 Å². The van der Waals surface area contributed by atoms with E-state index in [0.717, 1.165) is 5.56 Å². The van der Waals surface area contributed by atoms with E-state index in [1.807, 2.05) is 30.3 Å². The highest BCUT2D eigenvalue weighted by Crippen LogP contribution is 2.17. The van der Waals surface area contributed by atoms with Crippen LogP contribution in [0.25, 0.3) is 11.3 Å². The van der Waals surface area contributed by atoms with Crippen LogP contribution in [0.1, 0.15) is 17.4 Å². The molecule has 0 radical (unpaired) electrons. The highest BCUT2D eigenvalue weighted by atomic mass is 19.1. The molecule has 0 aliphatic carbocycles. The molecule has 2 aromatic carbocycles. The first-order chi connectivity index (χ1) is 12.5. The number of anilines is 1. The number of ether oxygens (including phenoxy) is 1. The Kier molecular flexibility index (Phi) is 5.07. The molecule has 1 amide bonds. The Morgan fingerprint density at radius 2 is 1.81 bits per heavy atom. The number of aromatic nitrogens is 2. The van der Waals surface area contributed by atoms with Gasteiger partial charge in [0.2, 0.25) is 0 Å². The molecule has 0 aliphatic heterocycles. The van der Waals surface area contributed by atoms with Crippen LogP contribution in [0.2, 0.25) is 0 Å². The SMILES string of the molecule is C[C@H](OC(=O)c1cc(-c2ccccc2)n[nH]1)C(=O)Nc1ccc(F)cc1. The van der Waals surface area contributed by atoms with Crippen LogP contribution in [0.5, 0.6) is 0 Å². The number of nitrogens with zero attached hydrogens (tertiary/aromatic N) is 1. The lowest BCUT2D eigenvalue weighted by atomic mass is 10.1. The van der Waals surface area contributed by atoms with Crippen molar-refractivity contribution in [2.24, 2.45) is 0 Å². The number of hydrogen-bond donors (Lipinski definition) is 2. The maximum absolute atomic E-state index is 12.9. The maximum atomic E-state index is 12.9. The minimum atomic E-state index is -1.03. The van der Waals surface area contributed by atoms with Crippen LogP contribution in [0, 0.1) is 5.82 Å². The van der Waals surface area contributed by atoms with Gasteiger partial charge in [-0.05, 0) is 37.3 Å². The van der Waals surface area contributed by atoms with Crippen LogP contribution in [0.4, 0.5) is 10.1 Å². The molecule has 3 aromatic rings. The van der Waals surface area contributed by atoms with Gasteiger partial charge in [0.1, 0.15) is 11.5 Å². The Bertz CT molecular complexity index is 907. The second-order valence-corrected chi connectivity index (χ2v) is 5.58. The molecule has 0 saturated carbocycles. The molecular weight excluding hydrogens is 337 g/mol. The summed E-state index contributed by atoms with van der Waals surface area (Å²) < 4.78 is 18.0. The fourth-order valence-electron chi connectivity index (χ4n) is 2.24. The number of benzene rings is 2. The van der Waals surface area contributed by atoms with Crippen molar-refractivity contribution in [1.82, 2.24) is 10.2 Å². The number of amides is 1. The monoisotopic (exact) mass is 353 g/mol. The van der Waals surface area contributed by atoms with Gasteiger partial charge in [0, 0.05) is 11.3 Å². The smallest absolute Gasteiger partial charge is 0.357 e. The third-order valence-electron chi connectivity index (χ3n) is 3.63. The standard InChI is InChI=1S/C19H16FN3O3/c1-12(18(24)21-15-9-7-14(20)8-10-15)26-19(25)17-11-16(22-23-17)13-5-3-2-4-6-13/h2-12H,1H3,(H,21,24)(H,22,23)/t12-/m0/s1. The van der Waals surface area contributed by atoms with Gasteiger partial charge in [0.25, 0.3) is 5.91 Å². The molecule has 132 valence electrons. The molecule has 2 N–H and O–H groups in total. The van der Waals surface area contributed by atoms with Crippen molar-refractivity contribution in [2.45, 2.75) is 13.0 Å². The first-order valence-electron chi connectivity index (χ1n) is 7.91. The van der Waals surface area contributed by atoms with E-state index in [1.54, 1.807) is 6.07 Å². The topological polar surface area (TPSA) is 84.1 Å². The predicted molar refractivity (Wildman–Crippen MR) is 93.9 cm³/mol. The fourth-order valence-corrected chi connectivity index (χ4v) is 2.24. The largest absolute Gasteiger partial charge is 0.448 e. The molecule has 7 heteroatoms. The fraction of sp³-hybridized carbons (Fsp3) is 0.105. The van der Waals surface area contributed by atoms with Gasteiger partial charge in [-0.25, -0.2) is 9.18 Å². The zero-order valence-electron chi connectivity index (χ0n) is 13.9. The van der Waals surface area contributed by atoms with Gasteiger partial charge in [-0.3, -0.25) is 9.89 Å². The van der Waals surface area contributed by atoms with E-state index in [9.17, 15) is 14.0 Å². The van der Waals surface area contributed by atoms with Gasteiger partial charge < -0.3 is 10.1 Å². The first kappa shape index (κ1) is 17.3. The summed E-state index contributed by atoms with van der Waals surface area (Å²) in [5.41, 5.74) is 2.00. The number of halogens is 1. The first-order valence-corrected chi connectivity index (χ1v) is 7.91. The van der Waals surface area contributed by atoms with E-state index in [-0.39, 0.29) is 5.69 Å². The van der Waals surface area contributed by atoms with Crippen LogP contribution in [-0.4, -0.2) is 28.2 Å². The Hall–Kier alpha value is -3.48. The van der Waals surface area contributed by atoms with Crippen LogP contribution < -0.4 is 5.32 Å². The van der Waals surface area contributed by atoms with E-state index < -0.39 is 23.8 Å². The average molecular weight is 353 g/mol. The van der Waals surface area contributed by atoms with Gasteiger partial charge in [0.05, 0.1) is 5.69 Å². The number of esters is 1. The van der Waals surface area contributed by atoms with Crippen LogP contribution >= 0.6 is 0 Å². The molecule has 0 bridgehead atoms. The lowest BCUT2D eigenvalue weighted by molar-refractivity contribution is -0.123. The van der Waals surface area contributed by atoms with Crippen LogP contribution in [0.15, 0.2) is 60.7 Å². The molecule has 0 spiro atoms. The van der Waals surface area contributed by atoms with Gasteiger partial charge in [-0.1, -0.05) is 30.3 Å². The third kappa shape index (κ3) is 4.13. The summed E-state index contributed by atoms with van der Waals surface area (Å²) in [4.78, 5) is 24.3. The van der Waals surface area contributed by atoms with Crippen molar-refractivity contribution in [2.75, 3.05) is 5.32 Å². The summed E-state index contributed by atoms with van der Waals surface area (Å²) in [6.07, 6.45) is -1.03. The molecule has 3 rings (SSSR count). The molecule has 26 heavy (non-hydrogen) atoms. The van der Waals surface area contributed by atoms with E-state index in [0.29, 0.717) is 11.4 Å². The second kappa shape index (κ2) is 7.60. The van der Waals surface area contributed by atoms with Crippen LogP contribution in [0.3, 0.4) is 0 Å². The molecular formula is C19H16FN3O3. The van der Waals surface area contributed by atoms with Gasteiger partial charge in [-0.2, -0.15) is 5.10 Å². The van der Waals surface area contributed by atoms with Crippen LogP contribution in [-0.2, 0) is 9.53 Å². The minimum absolute atomic E-state index is 0.144. The van der Waals surface area contributed by atoms with Crippen molar-refractivity contribution >= 4 is 17.6 Å². The van der Waals surface area contributed by atoms with Crippen molar-refractivity contribution in [3.05, 3.63) is 72.2 Å². The summed E-state index contributed by atoms with van der Waals surface area (Å²) in [5, 5.41) is 9.23. The number of hydrogen-bond acceptors (Lipinski definition) is 4. The third-order valence-corrected chi connectivity index (χ3v) is 3.63. The molecule has 1 heterocycles. The summed E-state index contributed by atoms with van der Waals surface area (Å²) >= 11 is 0. The lowest BCUT2D eigenvalue weighted by Gasteiger charge is -2.12. The van der Waals surface area contributed by atoms with E-state index >= 15 is 0 Å². The molecule has 0 fully saturated rings. The maximum Gasteiger partial charge on any atom is 0.357 e. The quantitative estimate of drug-likeness (QED) is 0.689.